The van der Waals surface area contributed by atoms with Crippen molar-refractivity contribution in [3.8, 4) is 11.4 Å². The molecule has 0 aromatic carbocycles. The third-order valence-corrected chi connectivity index (χ3v) is 6.15. The molecule has 30 heavy (non-hydrogen) atoms. The molecule has 0 bridgehead atoms. The van der Waals surface area contributed by atoms with Crippen LogP contribution >= 0.6 is 0 Å². The van der Waals surface area contributed by atoms with Gasteiger partial charge in [-0.3, -0.25) is 4.98 Å². The van der Waals surface area contributed by atoms with Crippen LogP contribution < -0.4 is 0 Å². The molecule has 3 aromatic heterocycles. The molecule has 5 nitrogen and oxygen atoms in total. The van der Waals surface area contributed by atoms with Crippen molar-refractivity contribution in [2.45, 2.75) is 24.2 Å². The summed E-state index contributed by atoms with van der Waals surface area (Å²) < 4.78 is 119. The van der Waals surface area contributed by atoms with Crippen molar-refractivity contribution in [1.29, 1.82) is 0 Å². The topological polar surface area (TPSA) is 64.8 Å². The zero-order valence-corrected chi connectivity index (χ0v) is 16.0. The van der Waals surface area contributed by atoms with Gasteiger partial charge in [0, 0.05) is 19.4 Å². The Morgan fingerprint density at radius 1 is 0.967 bits per heavy atom. The predicted molar refractivity (Wildman–Crippen MR) is 91.6 cm³/mol. The molecule has 0 amide bonds. The van der Waals surface area contributed by atoms with Gasteiger partial charge in [0.25, 0.3) is 0 Å². The fraction of sp³-hybridized carbons (Fsp3) is 0.294. The maximum absolute atomic E-state index is 15.1. The molecule has 162 valence electrons. The lowest BCUT2D eigenvalue weighted by molar-refractivity contribution is -0.138. The van der Waals surface area contributed by atoms with Crippen LogP contribution in [0.25, 0.3) is 22.4 Å². The Morgan fingerprint density at radius 2 is 1.50 bits per heavy atom. The van der Waals surface area contributed by atoms with E-state index < -0.39 is 66.6 Å². The van der Waals surface area contributed by atoms with Crippen LogP contribution in [0.3, 0.4) is 0 Å². The molecule has 0 aliphatic heterocycles. The number of pyridine rings is 2. The molecule has 0 fully saturated rings. The number of fused-ring (bicyclic) bond motifs is 1. The van der Waals surface area contributed by atoms with Crippen LogP contribution in [-0.4, -0.2) is 28.7 Å². The van der Waals surface area contributed by atoms with Crippen molar-refractivity contribution in [3.63, 3.8) is 0 Å². The lowest BCUT2D eigenvalue weighted by Gasteiger charge is -2.13. The quantitative estimate of drug-likeness (QED) is 0.542. The summed E-state index contributed by atoms with van der Waals surface area (Å²) in [6.45, 7) is 1.17. The number of aryl methyl sites for hydroxylation is 1. The zero-order valence-electron chi connectivity index (χ0n) is 15.2. The second-order valence-corrected chi connectivity index (χ2v) is 8.53. The molecule has 0 unspecified atom stereocenters. The van der Waals surface area contributed by atoms with Gasteiger partial charge in [0.2, 0.25) is 0 Å². The molecule has 13 heteroatoms. The molecule has 0 saturated heterocycles. The molecule has 0 atom stereocenters. The molecular weight excluding hydrogens is 443 g/mol. The Morgan fingerprint density at radius 3 is 2.03 bits per heavy atom. The molecule has 0 saturated carbocycles. The van der Waals surface area contributed by atoms with E-state index in [2.05, 4.69) is 9.97 Å². The first kappa shape index (κ1) is 22.0. The van der Waals surface area contributed by atoms with E-state index >= 15 is 4.39 Å². The molecule has 0 radical (unpaired) electrons. The minimum atomic E-state index is -4.91. The van der Waals surface area contributed by atoms with Gasteiger partial charge in [-0.1, -0.05) is 6.92 Å². The lowest BCUT2D eigenvalue weighted by Crippen LogP contribution is -2.13. The van der Waals surface area contributed by atoms with Gasteiger partial charge >= 0.3 is 12.4 Å². The van der Waals surface area contributed by atoms with E-state index in [0.29, 0.717) is 24.5 Å². The van der Waals surface area contributed by atoms with Gasteiger partial charge in [-0.15, -0.1) is 0 Å². The summed E-state index contributed by atoms with van der Waals surface area (Å²) in [5, 5.41) is -0.580. The number of rotatable bonds is 3. The van der Waals surface area contributed by atoms with E-state index in [0.717, 1.165) is 4.57 Å². The largest absolute Gasteiger partial charge is 0.417 e. The SMILES string of the molecule is CCS(=O)(=O)c1cc(C(F)(F)F)cnc1-c1c(F)c2cc(C(F)(F)F)cnc2n1C. The Kier molecular flexibility index (Phi) is 5.08. The molecule has 0 N–H and O–H groups in total. The average molecular weight is 455 g/mol. The van der Waals surface area contributed by atoms with E-state index in [1.807, 2.05) is 0 Å². The Bertz CT molecular complexity index is 1240. The summed E-state index contributed by atoms with van der Waals surface area (Å²) in [5.41, 5.74) is -4.13. The highest BCUT2D eigenvalue weighted by Gasteiger charge is 2.36. The van der Waals surface area contributed by atoms with E-state index in [9.17, 15) is 34.8 Å². The fourth-order valence-corrected chi connectivity index (χ4v) is 3.92. The number of hydrogen-bond donors (Lipinski definition) is 0. The minimum absolute atomic E-state index is 0.267. The van der Waals surface area contributed by atoms with Crippen molar-refractivity contribution in [3.05, 3.63) is 41.5 Å². The van der Waals surface area contributed by atoms with Crippen LogP contribution in [0.15, 0.2) is 29.4 Å². The highest BCUT2D eigenvalue weighted by atomic mass is 32.2. The number of nitrogens with zero attached hydrogens (tertiary/aromatic N) is 3. The van der Waals surface area contributed by atoms with Gasteiger partial charge in [-0.25, -0.2) is 17.8 Å². The van der Waals surface area contributed by atoms with Crippen molar-refractivity contribution in [2.24, 2.45) is 7.05 Å². The van der Waals surface area contributed by atoms with Crippen molar-refractivity contribution in [2.75, 3.05) is 5.75 Å². The Labute approximate surface area is 165 Å². The minimum Gasteiger partial charge on any atom is -0.325 e. The average Bonchev–Trinajstić information content (AvgIpc) is 2.90. The van der Waals surface area contributed by atoms with E-state index in [-0.39, 0.29) is 5.65 Å². The van der Waals surface area contributed by atoms with Crippen molar-refractivity contribution in [1.82, 2.24) is 14.5 Å². The van der Waals surface area contributed by atoms with Gasteiger partial charge in [0.1, 0.15) is 17.0 Å². The Balaban J connectivity index is 2.38. The first-order valence-electron chi connectivity index (χ1n) is 8.20. The van der Waals surface area contributed by atoms with Gasteiger partial charge in [-0.05, 0) is 12.1 Å². The summed E-state index contributed by atoms with van der Waals surface area (Å²) in [4.78, 5) is 6.19. The zero-order chi connectivity index (χ0) is 22.6. The van der Waals surface area contributed by atoms with Crippen molar-refractivity contribution < 1.29 is 39.2 Å². The second-order valence-electron chi connectivity index (χ2n) is 6.29. The number of aromatic nitrogens is 3. The first-order chi connectivity index (χ1) is 13.7. The maximum Gasteiger partial charge on any atom is 0.417 e. The van der Waals surface area contributed by atoms with Crippen LogP contribution in [0.5, 0.6) is 0 Å². The molecular formula is C17H12F7N3O2S. The van der Waals surface area contributed by atoms with Crippen LogP contribution in [0.2, 0.25) is 0 Å². The highest BCUT2D eigenvalue weighted by Crippen LogP contribution is 2.38. The molecule has 0 aliphatic carbocycles. The normalized spacial score (nSPS) is 13.2. The number of alkyl halides is 6. The molecule has 0 spiro atoms. The monoisotopic (exact) mass is 455 g/mol. The van der Waals surface area contributed by atoms with E-state index in [1.165, 1.54) is 14.0 Å². The number of halogens is 7. The van der Waals surface area contributed by atoms with Gasteiger partial charge in [0.15, 0.2) is 15.7 Å². The van der Waals surface area contributed by atoms with E-state index in [4.69, 9.17) is 0 Å². The molecule has 3 heterocycles. The number of sulfone groups is 1. The lowest BCUT2D eigenvalue weighted by atomic mass is 10.2. The van der Waals surface area contributed by atoms with Crippen LogP contribution in [0.4, 0.5) is 30.7 Å². The number of hydrogen-bond acceptors (Lipinski definition) is 4. The smallest absolute Gasteiger partial charge is 0.325 e. The summed E-state index contributed by atoms with van der Waals surface area (Å²) >= 11 is 0. The van der Waals surface area contributed by atoms with Gasteiger partial charge in [0.05, 0.1) is 27.2 Å². The standard InChI is InChI=1S/C17H12F7N3O2S/c1-3-30(28,29)11-5-9(17(22,23)24)6-25-13(11)14-12(18)10-4-8(16(19,20)21)7-26-15(10)27(14)2/h4-7H,3H2,1-2H3. The van der Waals surface area contributed by atoms with Gasteiger partial charge < -0.3 is 4.57 Å². The summed E-state index contributed by atoms with van der Waals surface area (Å²) in [6, 6.07) is 0.812. The van der Waals surface area contributed by atoms with Gasteiger partial charge in [-0.2, -0.15) is 26.3 Å². The fourth-order valence-electron chi connectivity index (χ4n) is 2.85. The first-order valence-corrected chi connectivity index (χ1v) is 9.85. The molecule has 3 aromatic rings. The second kappa shape index (κ2) is 6.93. The maximum atomic E-state index is 15.1. The third-order valence-electron chi connectivity index (χ3n) is 4.41. The van der Waals surface area contributed by atoms with Crippen LogP contribution in [-0.2, 0) is 29.2 Å². The predicted octanol–water partition coefficient (Wildman–Crippen LogP) is 4.61. The highest BCUT2D eigenvalue weighted by molar-refractivity contribution is 7.91. The van der Waals surface area contributed by atoms with Crippen molar-refractivity contribution >= 4 is 20.9 Å². The third kappa shape index (κ3) is 3.61. The Hall–Kier alpha value is -2.70. The summed E-state index contributed by atoms with van der Waals surface area (Å²) in [6.07, 6.45) is -8.93. The molecule has 0 aliphatic rings. The molecule has 3 rings (SSSR count). The summed E-state index contributed by atoms with van der Waals surface area (Å²) in [7, 11) is -3.12. The van der Waals surface area contributed by atoms with Crippen LogP contribution in [0.1, 0.15) is 18.1 Å². The van der Waals surface area contributed by atoms with E-state index in [1.54, 1.807) is 0 Å². The van der Waals surface area contributed by atoms with Crippen LogP contribution in [0, 0.1) is 5.82 Å². The summed E-state index contributed by atoms with van der Waals surface area (Å²) in [5.74, 6) is -1.89.